The molecule has 0 saturated carbocycles. The molecule has 0 bridgehead atoms. The minimum atomic E-state index is -3.68. The van der Waals surface area contributed by atoms with Crippen LogP contribution in [0, 0.1) is 0 Å². The Morgan fingerprint density at radius 2 is 1.83 bits per heavy atom. The van der Waals surface area contributed by atoms with Crippen molar-refractivity contribution in [3.8, 4) is 11.3 Å². The Hall–Kier alpha value is -3.74. The standard InChI is InChI=1S/C29H33N5O5S2/c1-18(2)41(37,38)34-16-24(23-10-5-6-11-26(23)34)28(36)30-13-27(35)32-29-31-25(17-40-29)21-8-7-9-22(12-21)33-14-19(3)39-20(4)15-33/h5-12,16-20H,13-15H2,1-4H3,(H,30,36)(H,31,32,35)/t19-,20+. The van der Waals surface area contributed by atoms with Crippen LogP contribution in [0.15, 0.2) is 60.1 Å². The number of hydrogen-bond acceptors (Lipinski definition) is 8. The summed E-state index contributed by atoms with van der Waals surface area (Å²) in [5.74, 6) is -0.986. The zero-order valence-electron chi connectivity index (χ0n) is 23.3. The van der Waals surface area contributed by atoms with Crippen molar-refractivity contribution in [2.24, 2.45) is 0 Å². The number of para-hydroxylation sites is 1. The summed E-state index contributed by atoms with van der Waals surface area (Å²) in [6, 6.07) is 14.9. The molecule has 12 heteroatoms. The van der Waals surface area contributed by atoms with Gasteiger partial charge in [-0.05, 0) is 45.9 Å². The van der Waals surface area contributed by atoms with Crippen LogP contribution < -0.4 is 15.5 Å². The summed E-state index contributed by atoms with van der Waals surface area (Å²) in [5, 5.41) is 7.44. The van der Waals surface area contributed by atoms with E-state index in [4.69, 9.17) is 4.74 Å². The topological polar surface area (TPSA) is 123 Å². The zero-order valence-corrected chi connectivity index (χ0v) is 25.0. The fraction of sp³-hybridized carbons (Fsp3) is 0.345. The van der Waals surface area contributed by atoms with Gasteiger partial charge in [-0.3, -0.25) is 9.59 Å². The summed E-state index contributed by atoms with van der Waals surface area (Å²) >= 11 is 1.30. The van der Waals surface area contributed by atoms with Crippen molar-refractivity contribution in [3.05, 3.63) is 65.7 Å². The lowest BCUT2D eigenvalue weighted by Gasteiger charge is -2.37. The van der Waals surface area contributed by atoms with Gasteiger partial charge in [0.1, 0.15) is 0 Å². The van der Waals surface area contributed by atoms with Gasteiger partial charge in [0.05, 0.1) is 40.8 Å². The summed E-state index contributed by atoms with van der Waals surface area (Å²) in [4.78, 5) is 32.5. The maximum Gasteiger partial charge on any atom is 0.253 e. The predicted octanol–water partition coefficient (Wildman–Crippen LogP) is 4.33. The maximum atomic E-state index is 13.0. The normalized spacial score (nSPS) is 17.6. The van der Waals surface area contributed by atoms with Gasteiger partial charge in [-0.1, -0.05) is 30.3 Å². The van der Waals surface area contributed by atoms with E-state index in [0.29, 0.717) is 16.0 Å². The minimum absolute atomic E-state index is 0.149. The lowest BCUT2D eigenvalue weighted by atomic mass is 10.1. The molecule has 4 aromatic rings. The number of nitrogens with zero attached hydrogens (tertiary/aromatic N) is 3. The van der Waals surface area contributed by atoms with E-state index in [1.165, 1.54) is 17.5 Å². The Morgan fingerprint density at radius 1 is 1.10 bits per heavy atom. The molecule has 1 fully saturated rings. The Labute approximate surface area is 243 Å². The molecular weight excluding hydrogens is 562 g/mol. The van der Waals surface area contributed by atoms with E-state index in [9.17, 15) is 18.0 Å². The Balaban J connectivity index is 1.24. The minimum Gasteiger partial charge on any atom is -0.372 e. The molecule has 2 aromatic carbocycles. The van der Waals surface area contributed by atoms with Gasteiger partial charge in [0.2, 0.25) is 15.9 Å². The van der Waals surface area contributed by atoms with Crippen LogP contribution in [0.4, 0.5) is 10.8 Å². The number of amides is 2. The number of carbonyl (C=O) groups is 2. The number of hydrogen-bond donors (Lipinski definition) is 2. The number of thiazole rings is 1. The van der Waals surface area contributed by atoms with Crippen molar-refractivity contribution in [1.29, 1.82) is 0 Å². The summed E-state index contributed by atoms with van der Waals surface area (Å²) in [7, 11) is -3.68. The van der Waals surface area contributed by atoms with Crippen LogP contribution >= 0.6 is 11.3 Å². The second kappa shape index (κ2) is 11.6. The third kappa shape index (κ3) is 6.14. The molecule has 10 nitrogen and oxygen atoms in total. The second-order valence-corrected chi connectivity index (χ2v) is 13.7. The molecule has 0 spiro atoms. The number of aromatic nitrogens is 2. The number of fused-ring (bicyclic) bond motifs is 1. The van der Waals surface area contributed by atoms with Crippen LogP contribution in [0.5, 0.6) is 0 Å². The third-order valence-corrected chi connectivity index (χ3v) is 9.68. The highest BCUT2D eigenvalue weighted by Crippen LogP contribution is 2.29. The molecule has 3 heterocycles. The quantitative estimate of drug-likeness (QED) is 0.311. The molecule has 1 aliphatic heterocycles. The van der Waals surface area contributed by atoms with Gasteiger partial charge in [-0.2, -0.15) is 0 Å². The molecule has 1 saturated heterocycles. The average molecular weight is 596 g/mol. The fourth-order valence-corrected chi connectivity index (χ4v) is 6.78. The first kappa shape index (κ1) is 28.8. The van der Waals surface area contributed by atoms with Gasteiger partial charge in [0.25, 0.3) is 5.91 Å². The SMILES string of the molecule is CC(C)S(=O)(=O)n1cc(C(=O)NCC(=O)Nc2nc(-c3cccc(N4C[C@@H](C)O[C@@H](C)C4)c3)cs2)c2ccccc21. The Bertz CT molecular complexity index is 1680. The predicted molar refractivity (Wildman–Crippen MR) is 162 cm³/mol. The molecule has 2 amide bonds. The highest BCUT2D eigenvalue weighted by atomic mass is 32.2. The van der Waals surface area contributed by atoms with Crippen molar-refractivity contribution < 1.29 is 22.7 Å². The fourth-order valence-electron chi connectivity index (χ4n) is 4.90. The van der Waals surface area contributed by atoms with Gasteiger partial charge in [-0.15, -0.1) is 11.3 Å². The van der Waals surface area contributed by atoms with Crippen molar-refractivity contribution in [2.75, 3.05) is 29.9 Å². The van der Waals surface area contributed by atoms with Crippen molar-refractivity contribution >= 4 is 54.9 Å². The number of anilines is 2. The molecule has 1 aliphatic rings. The number of rotatable bonds is 8. The average Bonchev–Trinajstić information content (AvgIpc) is 3.57. The first-order valence-corrected chi connectivity index (χ1v) is 15.8. The van der Waals surface area contributed by atoms with Crippen LogP contribution in [0.1, 0.15) is 38.1 Å². The Morgan fingerprint density at radius 3 is 2.56 bits per heavy atom. The van der Waals surface area contributed by atoms with Crippen LogP contribution in [0.3, 0.4) is 0 Å². The molecule has 2 atom stereocenters. The van der Waals surface area contributed by atoms with E-state index >= 15 is 0 Å². The number of carbonyl (C=O) groups excluding carboxylic acids is 2. The van der Waals surface area contributed by atoms with E-state index in [1.807, 2.05) is 17.5 Å². The van der Waals surface area contributed by atoms with Crippen molar-refractivity contribution in [1.82, 2.24) is 14.3 Å². The van der Waals surface area contributed by atoms with Crippen molar-refractivity contribution in [2.45, 2.75) is 45.2 Å². The van der Waals surface area contributed by atoms with E-state index < -0.39 is 27.1 Å². The summed E-state index contributed by atoms with van der Waals surface area (Å²) in [5.41, 5.74) is 3.36. The smallest absolute Gasteiger partial charge is 0.253 e. The van der Waals surface area contributed by atoms with E-state index in [2.05, 4.69) is 46.5 Å². The van der Waals surface area contributed by atoms with Crippen LogP contribution in [0.2, 0.25) is 0 Å². The summed E-state index contributed by atoms with van der Waals surface area (Å²) in [6.45, 7) is 8.63. The molecular formula is C29H33N5O5S2. The number of benzene rings is 2. The lowest BCUT2D eigenvalue weighted by Crippen LogP contribution is -2.45. The molecule has 0 radical (unpaired) electrons. The zero-order chi connectivity index (χ0) is 29.3. The molecule has 0 aliphatic carbocycles. The Kier molecular flexibility index (Phi) is 8.16. The van der Waals surface area contributed by atoms with E-state index in [-0.39, 0.29) is 24.3 Å². The summed E-state index contributed by atoms with van der Waals surface area (Å²) < 4.78 is 32.7. The highest BCUT2D eigenvalue weighted by Gasteiger charge is 2.25. The number of ether oxygens (including phenoxy) is 1. The first-order chi connectivity index (χ1) is 19.5. The maximum absolute atomic E-state index is 13.0. The molecule has 41 heavy (non-hydrogen) atoms. The first-order valence-electron chi connectivity index (χ1n) is 13.4. The molecule has 5 rings (SSSR count). The monoisotopic (exact) mass is 595 g/mol. The molecule has 2 aromatic heterocycles. The second-order valence-electron chi connectivity index (χ2n) is 10.4. The van der Waals surface area contributed by atoms with Crippen LogP contribution in [0.25, 0.3) is 22.2 Å². The lowest BCUT2D eigenvalue weighted by molar-refractivity contribution is -0.115. The summed E-state index contributed by atoms with van der Waals surface area (Å²) in [6.07, 6.45) is 1.61. The molecule has 0 unspecified atom stereocenters. The van der Waals surface area contributed by atoms with Gasteiger partial charge in [-0.25, -0.2) is 17.4 Å². The number of morpholine rings is 1. The third-order valence-electron chi connectivity index (χ3n) is 6.88. The van der Waals surface area contributed by atoms with Gasteiger partial charge >= 0.3 is 0 Å². The van der Waals surface area contributed by atoms with Crippen molar-refractivity contribution in [3.63, 3.8) is 0 Å². The molecule has 2 N–H and O–H groups in total. The molecule has 216 valence electrons. The number of nitrogens with one attached hydrogen (secondary N) is 2. The largest absolute Gasteiger partial charge is 0.372 e. The van der Waals surface area contributed by atoms with E-state index in [0.717, 1.165) is 34.0 Å². The van der Waals surface area contributed by atoms with Gasteiger partial charge in [0, 0.05) is 41.3 Å². The van der Waals surface area contributed by atoms with Gasteiger partial charge in [0.15, 0.2) is 5.13 Å². The van der Waals surface area contributed by atoms with E-state index in [1.54, 1.807) is 38.1 Å². The van der Waals surface area contributed by atoms with Crippen LogP contribution in [-0.2, 0) is 19.6 Å². The van der Waals surface area contributed by atoms with Crippen LogP contribution in [-0.4, -0.2) is 66.3 Å². The van der Waals surface area contributed by atoms with Gasteiger partial charge < -0.3 is 20.3 Å². The highest BCUT2D eigenvalue weighted by molar-refractivity contribution is 7.90.